The number of hydrogen-bond donors (Lipinski definition) is 3. The Labute approximate surface area is 144 Å². The lowest BCUT2D eigenvalue weighted by Gasteiger charge is -2.32. The predicted molar refractivity (Wildman–Crippen MR) is 85.9 cm³/mol. The summed E-state index contributed by atoms with van der Waals surface area (Å²) in [6.45, 7) is -0.805. The Kier molecular flexibility index (Phi) is 7.07. The summed E-state index contributed by atoms with van der Waals surface area (Å²) in [4.78, 5) is 11.8. The smallest absolute Gasteiger partial charge is 0.407 e. The van der Waals surface area contributed by atoms with Crippen LogP contribution in [0.2, 0.25) is 0 Å². The molecule has 0 aliphatic heterocycles. The number of carbonyl (C=O) groups excluding carboxylic acids is 1. The van der Waals surface area contributed by atoms with Gasteiger partial charge in [-0.05, 0) is 31.2 Å². The zero-order valence-corrected chi connectivity index (χ0v) is 13.8. The van der Waals surface area contributed by atoms with Gasteiger partial charge in [0.25, 0.3) is 0 Å². The summed E-state index contributed by atoms with van der Waals surface area (Å²) < 4.78 is 43.1. The molecule has 0 bridgehead atoms. The molecule has 1 aliphatic carbocycles. The number of ether oxygens (including phenoxy) is 1. The van der Waals surface area contributed by atoms with Crippen molar-refractivity contribution >= 4 is 6.09 Å². The number of rotatable bonds is 6. The third-order valence-corrected chi connectivity index (χ3v) is 4.28. The zero-order valence-electron chi connectivity index (χ0n) is 13.8. The molecule has 1 fully saturated rings. The second kappa shape index (κ2) is 9.05. The Morgan fingerprint density at radius 1 is 1.16 bits per heavy atom. The van der Waals surface area contributed by atoms with E-state index in [4.69, 9.17) is 9.84 Å². The number of nitrogens with one attached hydrogen (secondary N) is 2. The van der Waals surface area contributed by atoms with E-state index < -0.39 is 24.9 Å². The van der Waals surface area contributed by atoms with Crippen molar-refractivity contribution in [2.45, 2.75) is 56.6 Å². The summed E-state index contributed by atoms with van der Waals surface area (Å²) in [6, 6.07) is 6.94. The molecule has 0 unspecified atom stereocenters. The number of aliphatic hydroxyl groups excluding tert-OH is 1. The minimum atomic E-state index is -4.47. The van der Waals surface area contributed by atoms with Crippen LogP contribution in [0.5, 0.6) is 0 Å². The van der Waals surface area contributed by atoms with E-state index in [-0.39, 0.29) is 18.7 Å². The largest absolute Gasteiger partial charge is 0.445 e. The predicted octanol–water partition coefficient (Wildman–Crippen LogP) is 2.74. The molecule has 5 nitrogen and oxygen atoms in total. The van der Waals surface area contributed by atoms with E-state index in [1.54, 1.807) is 0 Å². The highest BCUT2D eigenvalue weighted by Crippen LogP contribution is 2.24. The van der Waals surface area contributed by atoms with Crippen LogP contribution in [0.25, 0.3) is 0 Å². The van der Waals surface area contributed by atoms with Gasteiger partial charge in [0, 0.05) is 12.1 Å². The highest BCUT2D eigenvalue weighted by molar-refractivity contribution is 5.67. The van der Waals surface area contributed by atoms with Crippen molar-refractivity contribution in [3.05, 3.63) is 35.9 Å². The number of carbonyl (C=O) groups is 1. The van der Waals surface area contributed by atoms with Crippen LogP contribution in [-0.2, 0) is 11.3 Å². The number of aliphatic hydroxyl groups is 1. The van der Waals surface area contributed by atoms with Gasteiger partial charge in [-0.25, -0.2) is 4.79 Å². The van der Waals surface area contributed by atoms with Gasteiger partial charge in [-0.2, -0.15) is 13.2 Å². The first kappa shape index (κ1) is 19.5. The van der Waals surface area contributed by atoms with Crippen LogP contribution in [0.4, 0.5) is 18.0 Å². The maximum absolute atomic E-state index is 12.7. The minimum absolute atomic E-state index is 0.111. The van der Waals surface area contributed by atoms with Gasteiger partial charge in [0.05, 0.1) is 6.61 Å². The van der Waals surface area contributed by atoms with Gasteiger partial charge in [-0.15, -0.1) is 0 Å². The summed E-state index contributed by atoms with van der Waals surface area (Å²) in [6.07, 6.45) is -2.87. The highest BCUT2D eigenvalue weighted by Gasteiger charge is 2.40. The second-order valence-corrected chi connectivity index (χ2v) is 6.20. The van der Waals surface area contributed by atoms with E-state index in [9.17, 15) is 18.0 Å². The number of alkyl carbamates (subject to hydrolysis) is 1. The van der Waals surface area contributed by atoms with Crippen LogP contribution < -0.4 is 10.6 Å². The van der Waals surface area contributed by atoms with Crippen LogP contribution in [-0.4, -0.2) is 42.1 Å². The molecule has 0 heterocycles. The summed E-state index contributed by atoms with van der Waals surface area (Å²) in [5.41, 5.74) is 0.882. The van der Waals surface area contributed by atoms with Gasteiger partial charge < -0.3 is 20.5 Å². The fourth-order valence-electron chi connectivity index (χ4n) is 2.87. The summed E-state index contributed by atoms with van der Waals surface area (Å²) in [5.74, 6) is 0. The number of hydrogen-bond acceptors (Lipinski definition) is 4. The second-order valence-electron chi connectivity index (χ2n) is 6.20. The molecule has 1 saturated carbocycles. The Bertz CT molecular complexity index is 532. The minimum Gasteiger partial charge on any atom is -0.445 e. The fraction of sp³-hybridized carbons (Fsp3) is 0.588. The molecule has 0 radical (unpaired) electrons. The molecular weight excluding hydrogens is 337 g/mol. The van der Waals surface area contributed by atoms with Crippen LogP contribution in [0.3, 0.4) is 0 Å². The maximum Gasteiger partial charge on any atom is 0.407 e. The molecule has 3 N–H and O–H groups in total. The molecule has 1 aromatic carbocycles. The monoisotopic (exact) mass is 360 g/mol. The summed E-state index contributed by atoms with van der Waals surface area (Å²) in [5, 5.41) is 14.1. The number of alkyl halides is 3. The topological polar surface area (TPSA) is 70.6 Å². The highest BCUT2D eigenvalue weighted by atomic mass is 19.4. The molecule has 0 aromatic heterocycles. The first-order chi connectivity index (χ1) is 11.9. The van der Waals surface area contributed by atoms with Gasteiger partial charge in [0.1, 0.15) is 12.6 Å². The summed E-state index contributed by atoms with van der Waals surface area (Å²) in [7, 11) is 0. The Morgan fingerprint density at radius 3 is 2.32 bits per heavy atom. The van der Waals surface area contributed by atoms with E-state index in [1.807, 2.05) is 30.3 Å². The molecule has 1 amide bonds. The molecule has 140 valence electrons. The molecule has 25 heavy (non-hydrogen) atoms. The zero-order chi connectivity index (χ0) is 18.3. The van der Waals surface area contributed by atoms with Crippen molar-refractivity contribution < 1.29 is 27.8 Å². The standard InChI is InChI=1S/C17H23F3N2O3/c18-17(19,20)15(10-23)21-13-6-8-14(9-7-13)22-16(24)25-11-12-4-2-1-3-5-12/h1-5,13-15,21,23H,6-11H2,(H,22,24)/t13-,14+,15-/m0/s1. The molecular formula is C17H23F3N2O3. The molecule has 0 saturated heterocycles. The quantitative estimate of drug-likeness (QED) is 0.730. The van der Waals surface area contributed by atoms with Crippen LogP contribution in [0.1, 0.15) is 31.2 Å². The van der Waals surface area contributed by atoms with Gasteiger partial charge >= 0.3 is 12.3 Å². The van der Waals surface area contributed by atoms with Gasteiger partial charge in [0.2, 0.25) is 0 Å². The van der Waals surface area contributed by atoms with Crippen molar-refractivity contribution in [2.24, 2.45) is 0 Å². The Morgan fingerprint density at radius 2 is 1.76 bits per heavy atom. The third kappa shape index (κ3) is 6.55. The lowest BCUT2D eigenvalue weighted by molar-refractivity contribution is -0.166. The molecule has 1 aromatic rings. The molecule has 1 aliphatic rings. The van der Waals surface area contributed by atoms with E-state index in [2.05, 4.69) is 10.6 Å². The SMILES string of the molecule is O=C(N[C@H]1CC[C@@H](N[C@@H](CO)C(F)(F)F)CC1)OCc1ccccc1. The number of halogens is 3. The van der Waals surface area contributed by atoms with Gasteiger partial charge in [-0.1, -0.05) is 30.3 Å². The molecule has 0 spiro atoms. The van der Waals surface area contributed by atoms with Crippen molar-refractivity contribution in [3.63, 3.8) is 0 Å². The van der Waals surface area contributed by atoms with Gasteiger partial charge in [0.15, 0.2) is 0 Å². The molecule has 2 rings (SSSR count). The van der Waals surface area contributed by atoms with Crippen molar-refractivity contribution in [3.8, 4) is 0 Å². The van der Waals surface area contributed by atoms with Crippen molar-refractivity contribution in [2.75, 3.05) is 6.61 Å². The van der Waals surface area contributed by atoms with E-state index in [1.165, 1.54) is 0 Å². The summed E-state index contributed by atoms with van der Waals surface area (Å²) >= 11 is 0. The third-order valence-electron chi connectivity index (χ3n) is 4.28. The molecule has 1 atom stereocenters. The first-order valence-corrected chi connectivity index (χ1v) is 8.29. The first-order valence-electron chi connectivity index (χ1n) is 8.29. The van der Waals surface area contributed by atoms with E-state index in [0.29, 0.717) is 25.7 Å². The average molecular weight is 360 g/mol. The lowest BCUT2D eigenvalue weighted by Crippen LogP contribution is -2.51. The van der Waals surface area contributed by atoms with Crippen LogP contribution in [0.15, 0.2) is 30.3 Å². The van der Waals surface area contributed by atoms with Crippen molar-refractivity contribution in [1.29, 1.82) is 0 Å². The van der Waals surface area contributed by atoms with Crippen LogP contribution in [0, 0.1) is 0 Å². The van der Waals surface area contributed by atoms with E-state index in [0.717, 1.165) is 5.56 Å². The average Bonchev–Trinajstić information content (AvgIpc) is 2.59. The Balaban J connectivity index is 1.68. The Hall–Kier alpha value is -1.80. The maximum atomic E-state index is 12.7. The van der Waals surface area contributed by atoms with Crippen molar-refractivity contribution in [1.82, 2.24) is 10.6 Å². The van der Waals surface area contributed by atoms with Gasteiger partial charge in [-0.3, -0.25) is 0 Å². The lowest BCUT2D eigenvalue weighted by atomic mass is 9.91. The molecule has 8 heteroatoms. The normalized spacial score (nSPS) is 22.2. The fourth-order valence-corrected chi connectivity index (χ4v) is 2.87. The van der Waals surface area contributed by atoms with Crippen LogP contribution >= 0.6 is 0 Å². The van der Waals surface area contributed by atoms with E-state index >= 15 is 0 Å². The number of amides is 1. The number of benzene rings is 1.